The molecule has 0 aliphatic carbocycles. The molecule has 0 saturated carbocycles. The number of hydrogen-bond acceptors (Lipinski definition) is 5. The van der Waals surface area contributed by atoms with Crippen molar-refractivity contribution in [3.63, 3.8) is 0 Å². The van der Waals surface area contributed by atoms with Gasteiger partial charge in [-0.15, -0.1) is 0 Å². The minimum absolute atomic E-state index is 0.342. The van der Waals surface area contributed by atoms with Crippen molar-refractivity contribution >= 4 is 23.2 Å². The molecule has 5 nitrogen and oxygen atoms in total. The molecule has 1 heterocycles. The van der Waals surface area contributed by atoms with Gasteiger partial charge in [-0.25, -0.2) is 0 Å². The molecule has 4 rings (SSSR count). The molecule has 3 unspecified atom stereocenters. The summed E-state index contributed by atoms with van der Waals surface area (Å²) in [7, 11) is -1.91. The van der Waals surface area contributed by atoms with Crippen LogP contribution in [0.5, 0.6) is 0 Å². The fraction of sp³-hybridized carbons (Fsp3) is 0.286. The molecule has 178 valence electrons. The Morgan fingerprint density at radius 2 is 1.44 bits per heavy atom. The highest BCUT2D eigenvalue weighted by atomic mass is 31.2. The first-order valence-corrected chi connectivity index (χ1v) is 13.8. The predicted molar refractivity (Wildman–Crippen MR) is 147 cm³/mol. The number of rotatable bonds is 6. The van der Waals surface area contributed by atoms with Crippen LogP contribution in [-0.4, -0.2) is 18.1 Å². The molecule has 3 atom stereocenters. The third-order valence-electron chi connectivity index (χ3n) is 6.72. The van der Waals surface area contributed by atoms with E-state index >= 15 is 0 Å². The topological polar surface area (TPSA) is 116 Å². The molecule has 34 heavy (non-hydrogen) atoms. The molecular formula is C28H37N5P+. The van der Waals surface area contributed by atoms with Crippen LogP contribution < -0.4 is 44.2 Å². The summed E-state index contributed by atoms with van der Waals surface area (Å²) in [6, 6.07) is 30.9. The lowest BCUT2D eigenvalue weighted by Crippen LogP contribution is -2.57. The fourth-order valence-electron chi connectivity index (χ4n) is 5.54. The highest BCUT2D eigenvalue weighted by Gasteiger charge is 2.53. The van der Waals surface area contributed by atoms with E-state index in [1.807, 2.05) is 0 Å². The molecule has 3 aromatic carbocycles. The van der Waals surface area contributed by atoms with Gasteiger partial charge in [-0.1, -0.05) is 67.6 Å². The Kier molecular flexibility index (Phi) is 7.07. The second kappa shape index (κ2) is 9.71. The monoisotopic (exact) mass is 474 g/mol. The molecule has 0 bridgehead atoms. The van der Waals surface area contributed by atoms with Crippen LogP contribution in [0, 0.1) is 5.92 Å². The first kappa shape index (κ1) is 24.7. The zero-order valence-corrected chi connectivity index (χ0v) is 21.0. The van der Waals surface area contributed by atoms with Gasteiger partial charge < -0.3 is 5.73 Å². The molecule has 0 spiro atoms. The van der Waals surface area contributed by atoms with Crippen molar-refractivity contribution in [2.75, 3.05) is 6.16 Å². The second-order valence-electron chi connectivity index (χ2n) is 9.85. The van der Waals surface area contributed by atoms with Gasteiger partial charge in [0, 0.05) is 11.1 Å². The van der Waals surface area contributed by atoms with Crippen LogP contribution in [-0.2, 0) is 5.54 Å². The summed E-state index contributed by atoms with van der Waals surface area (Å²) in [6.45, 7) is 4.62. The summed E-state index contributed by atoms with van der Waals surface area (Å²) in [6.07, 6.45) is 4.90. The number of benzene rings is 3. The van der Waals surface area contributed by atoms with E-state index in [0.717, 1.165) is 12.6 Å². The van der Waals surface area contributed by atoms with Crippen LogP contribution in [0.4, 0.5) is 0 Å². The van der Waals surface area contributed by atoms with Crippen molar-refractivity contribution in [2.45, 2.75) is 37.8 Å². The zero-order valence-electron chi connectivity index (χ0n) is 20.1. The molecule has 0 amide bonds. The number of fused-ring (bicyclic) bond motifs is 1. The maximum atomic E-state index is 6.48. The van der Waals surface area contributed by atoms with E-state index in [-0.39, 0.29) is 5.54 Å². The van der Waals surface area contributed by atoms with Crippen molar-refractivity contribution in [3.8, 4) is 0 Å². The third-order valence-corrected chi connectivity index (χ3v) is 11.5. The number of nitrogens with one attached hydrogen (secondary N) is 1. The van der Waals surface area contributed by atoms with Crippen molar-refractivity contribution < 1.29 is 0 Å². The predicted octanol–water partition coefficient (Wildman–Crippen LogP) is 2.20. The van der Waals surface area contributed by atoms with Gasteiger partial charge in [0.15, 0.2) is 0 Å². The van der Waals surface area contributed by atoms with E-state index in [4.69, 9.17) is 22.9 Å². The van der Waals surface area contributed by atoms with Crippen LogP contribution in [0.1, 0.15) is 25.8 Å². The Labute approximate surface area is 203 Å². The van der Waals surface area contributed by atoms with Crippen LogP contribution in [0.2, 0.25) is 0 Å². The maximum absolute atomic E-state index is 6.48. The van der Waals surface area contributed by atoms with Crippen LogP contribution in [0.15, 0.2) is 97.1 Å². The van der Waals surface area contributed by atoms with Crippen molar-refractivity contribution in [1.29, 1.82) is 0 Å². The molecule has 0 aromatic heterocycles. The van der Waals surface area contributed by atoms with E-state index in [1.165, 1.54) is 21.5 Å². The minimum Gasteiger partial charge on any atom is -0.313 e. The van der Waals surface area contributed by atoms with Crippen molar-refractivity contribution in [1.82, 2.24) is 5.32 Å². The summed E-state index contributed by atoms with van der Waals surface area (Å²) >= 11 is 0. The van der Waals surface area contributed by atoms with E-state index in [0.29, 0.717) is 5.92 Å². The lowest BCUT2D eigenvalue weighted by Gasteiger charge is -2.35. The maximum Gasteiger partial charge on any atom is 0.135 e. The van der Waals surface area contributed by atoms with Crippen LogP contribution in [0.25, 0.3) is 0 Å². The summed E-state index contributed by atoms with van der Waals surface area (Å²) in [5.41, 5.74) is 24.6. The first-order valence-electron chi connectivity index (χ1n) is 11.8. The van der Waals surface area contributed by atoms with Gasteiger partial charge in [0.1, 0.15) is 29.0 Å². The summed E-state index contributed by atoms with van der Waals surface area (Å²) < 4.78 is 0. The normalized spacial score (nSPS) is 23.3. The minimum atomic E-state index is -1.91. The number of hydrogen-bond donors (Lipinski definition) is 5. The van der Waals surface area contributed by atoms with Crippen LogP contribution in [0.3, 0.4) is 0 Å². The quantitative estimate of drug-likeness (QED) is 0.213. The van der Waals surface area contributed by atoms with E-state index in [2.05, 4.69) is 104 Å². The Morgan fingerprint density at radius 3 is 2.00 bits per heavy atom. The fourth-order valence-corrected chi connectivity index (χ4v) is 10.5. The average Bonchev–Trinajstić information content (AvgIpc) is 2.91. The van der Waals surface area contributed by atoms with Gasteiger partial charge in [-0.05, 0) is 55.7 Å². The van der Waals surface area contributed by atoms with Gasteiger partial charge >= 0.3 is 0 Å². The van der Waals surface area contributed by atoms with Crippen molar-refractivity contribution in [2.24, 2.45) is 28.9 Å². The highest BCUT2D eigenvalue weighted by Crippen LogP contribution is 2.60. The second-order valence-corrected chi connectivity index (χ2v) is 13.4. The van der Waals surface area contributed by atoms with Gasteiger partial charge in [0.25, 0.3) is 0 Å². The summed E-state index contributed by atoms with van der Waals surface area (Å²) in [4.78, 5) is 0. The Morgan fingerprint density at radius 1 is 0.912 bits per heavy atom. The molecule has 3 aromatic rings. The van der Waals surface area contributed by atoms with Gasteiger partial charge in [-0.2, -0.15) is 0 Å². The standard InChI is InChI=1S/C28H37N5P/c1-21-19-27(2,33-26(29)17-18-28(30,31)32)24-15-9-10-16-25(24)34(20-21,22-11-5-3-6-12-22)23-13-7-4-8-14-23/h3-18,21,26,33H,19-20,29-32H2,1-2H3/q+1/b18-17+. The molecule has 9 N–H and O–H groups in total. The van der Waals surface area contributed by atoms with Crippen molar-refractivity contribution in [3.05, 3.63) is 103 Å². The Balaban J connectivity index is 1.91. The average molecular weight is 475 g/mol. The molecule has 0 fully saturated rings. The molecule has 1 aliphatic heterocycles. The van der Waals surface area contributed by atoms with E-state index in [1.54, 1.807) is 12.2 Å². The van der Waals surface area contributed by atoms with E-state index < -0.39 is 19.2 Å². The molecule has 1 aliphatic rings. The lowest BCUT2D eigenvalue weighted by atomic mass is 9.83. The summed E-state index contributed by atoms with van der Waals surface area (Å²) in [5, 5.41) is 7.91. The van der Waals surface area contributed by atoms with Crippen LogP contribution >= 0.6 is 7.26 Å². The van der Waals surface area contributed by atoms with Gasteiger partial charge in [0.2, 0.25) is 0 Å². The third kappa shape index (κ3) is 5.01. The smallest absolute Gasteiger partial charge is 0.135 e. The Bertz CT molecular complexity index is 1090. The largest absolute Gasteiger partial charge is 0.313 e. The highest BCUT2D eigenvalue weighted by molar-refractivity contribution is 7.95. The SMILES string of the molecule is CC1CC(C)(NC(N)/C=C/C(N)(N)N)c2ccccc2[P+](c2ccccc2)(c2ccccc2)C1. The number of nitrogens with two attached hydrogens (primary N) is 4. The Hall–Kier alpha value is -2.37. The van der Waals surface area contributed by atoms with Gasteiger partial charge in [0.05, 0.1) is 12.3 Å². The molecule has 0 radical (unpaired) electrons. The summed E-state index contributed by atoms with van der Waals surface area (Å²) in [5.74, 6) is -0.941. The first-order chi connectivity index (χ1) is 16.1. The lowest BCUT2D eigenvalue weighted by molar-refractivity contribution is 0.285. The molecule has 0 saturated heterocycles. The van der Waals surface area contributed by atoms with Gasteiger partial charge in [-0.3, -0.25) is 22.5 Å². The molecule has 6 heteroatoms. The molecular weight excluding hydrogens is 437 g/mol. The van der Waals surface area contributed by atoms with E-state index in [9.17, 15) is 0 Å². The zero-order chi connectivity index (χ0) is 24.4.